The van der Waals surface area contributed by atoms with E-state index < -0.39 is 0 Å². The largest absolute Gasteiger partial charge is 0.349 e. The first-order valence-corrected chi connectivity index (χ1v) is 8.27. The van der Waals surface area contributed by atoms with Gasteiger partial charge >= 0.3 is 0 Å². The molecule has 1 aromatic heterocycles. The minimum Gasteiger partial charge on any atom is -0.349 e. The average Bonchev–Trinajstić information content (AvgIpc) is 3.26. The van der Waals surface area contributed by atoms with Gasteiger partial charge in [0.25, 0.3) is 0 Å². The zero-order valence-corrected chi connectivity index (χ0v) is 13.5. The van der Waals surface area contributed by atoms with Gasteiger partial charge in [0, 0.05) is 24.0 Å². The van der Waals surface area contributed by atoms with Gasteiger partial charge in [0.15, 0.2) is 0 Å². The van der Waals surface area contributed by atoms with Crippen LogP contribution in [0.3, 0.4) is 0 Å². The van der Waals surface area contributed by atoms with Crippen molar-refractivity contribution in [1.82, 2.24) is 14.9 Å². The Balaban J connectivity index is 1.70. The van der Waals surface area contributed by atoms with Crippen LogP contribution in [0.1, 0.15) is 37.8 Å². The molecule has 5 nitrogen and oxygen atoms in total. The summed E-state index contributed by atoms with van der Waals surface area (Å²) < 4.78 is 1.96. The van der Waals surface area contributed by atoms with E-state index >= 15 is 0 Å². The molecule has 1 aliphatic carbocycles. The molecule has 1 aromatic carbocycles. The number of nitrogens with one attached hydrogen (secondary N) is 1. The highest BCUT2D eigenvalue weighted by Crippen LogP contribution is 2.31. The zero-order valence-electron chi connectivity index (χ0n) is 13.5. The molecule has 122 valence electrons. The van der Waals surface area contributed by atoms with Crippen LogP contribution in [-0.4, -0.2) is 22.0 Å². The van der Waals surface area contributed by atoms with Crippen LogP contribution in [0.5, 0.6) is 0 Å². The molecule has 5 heteroatoms. The monoisotopic (exact) mass is 312 g/mol. The molecule has 2 aromatic rings. The molecule has 1 fully saturated rings. The van der Waals surface area contributed by atoms with Gasteiger partial charge in [-0.3, -0.25) is 4.79 Å². The molecule has 1 aliphatic rings. The van der Waals surface area contributed by atoms with E-state index in [1.165, 1.54) is 0 Å². The second-order valence-electron chi connectivity index (χ2n) is 6.33. The number of hydrogen-bond donors (Lipinski definition) is 2. The number of aromatic nitrogens is 2. The van der Waals surface area contributed by atoms with Crippen molar-refractivity contribution in [2.75, 3.05) is 6.54 Å². The number of nitrogens with two attached hydrogens (primary N) is 1. The third-order valence-electron chi connectivity index (χ3n) is 4.83. The first-order valence-electron chi connectivity index (χ1n) is 8.27. The fourth-order valence-electron chi connectivity index (χ4n) is 3.43. The Kier molecular flexibility index (Phi) is 4.76. The molecule has 1 unspecified atom stereocenters. The number of benzene rings is 1. The standard InChI is InChI=1S/C18H24N4O/c1-13(21-18(23)17-7-3-5-15(17)11-19)14-4-2-6-16(10-14)22-9-8-20-12-22/h2,4,6,8-10,12-13,15,17H,3,5,7,11,19H2,1H3,(H,21,23)/t13?,15-,17-/m1/s1. The molecule has 3 rings (SSSR count). The molecule has 0 radical (unpaired) electrons. The molecule has 1 amide bonds. The lowest BCUT2D eigenvalue weighted by atomic mass is 9.94. The third-order valence-corrected chi connectivity index (χ3v) is 4.83. The van der Waals surface area contributed by atoms with Gasteiger partial charge < -0.3 is 15.6 Å². The average molecular weight is 312 g/mol. The van der Waals surface area contributed by atoms with E-state index in [-0.39, 0.29) is 17.9 Å². The number of nitrogens with zero attached hydrogens (tertiary/aromatic N) is 2. The lowest BCUT2D eigenvalue weighted by molar-refractivity contribution is -0.126. The molecule has 0 spiro atoms. The van der Waals surface area contributed by atoms with Crippen molar-refractivity contribution in [1.29, 1.82) is 0 Å². The summed E-state index contributed by atoms with van der Waals surface area (Å²) in [6.07, 6.45) is 8.56. The number of hydrogen-bond acceptors (Lipinski definition) is 3. The van der Waals surface area contributed by atoms with Gasteiger partial charge in [-0.1, -0.05) is 18.6 Å². The van der Waals surface area contributed by atoms with Gasteiger partial charge in [0.05, 0.1) is 12.4 Å². The maximum absolute atomic E-state index is 12.5. The number of carbonyl (C=O) groups excluding carboxylic acids is 1. The predicted octanol–water partition coefficient (Wildman–Crippen LogP) is 2.42. The van der Waals surface area contributed by atoms with Crippen LogP contribution in [0.4, 0.5) is 0 Å². The molecule has 0 bridgehead atoms. The van der Waals surface area contributed by atoms with Crippen LogP contribution in [-0.2, 0) is 4.79 Å². The summed E-state index contributed by atoms with van der Waals surface area (Å²) in [5.74, 6) is 0.539. The number of carbonyl (C=O) groups is 1. The van der Waals surface area contributed by atoms with Crippen molar-refractivity contribution < 1.29 is 4.79 Å². The van der Waals surface area contributed by atoms with Crippen molar-refractivity contribution in [3.05, 3.63) is 48.5 Å². The van der Waals surface area contributed by atoms with Crippen molar-refractivity contribution in [3.8, 4) is 5.69 Å². The van der Waals surface area contributed by atoms with Crippen molar-refractivity contribution in [2.45, 2.75) is 32.2 Å². The first-order chi connectivity index (χ1) is 11.2. The van der Waals surface area contributed by atoms with E-state index in [0.717, 1.165) is 30.5 Å². The molecule has 23 heavy (non-hydrogen) atoms. The van der Waals surface area contributed by atoms with Gasteiger partial charge in [-0.25, -0.2) is 4.98 Å². The number of amides is 1. The van der Waals surface area contributed by atoms with Gasteiger partial charge in [-0.15, -0.1) is 0 Å². The summed E-state index contributed by atoms with van der Waals surface area (Å²) in [5.41, 5.74) is 7.92. The van der Waals surface area contributed by atoms with E-state index in [0.29, 0.717) is 12.5 Å². The van der Waals surface area contributed by atoms with Crippen molar-refractivity contribution >= 4 is 5.91 Å². The fourth-order valence-corrected chi connectivity index (χ4v) is 3.43. The summed E-state index contributed by atoms with van der Waals surface area (Å²) >= 11 is 0. The Morgan fingerprint density at radius 3 is 3.09 bits per heavy atom. The Hall–Kier alpha value is -2.14. The number of rotatable bonds is 5. The van der Waals surface area contributed by atoms with Crippen molar-refractivity contribution in [2.24, 2.45) is 17.6 Å². The quantitative estimate of drug-likeness (QED) is 0.890. The Bertz CT molecular complexity index is 653. The Morgan fingerprint density at radius 2 is 2.35 bits per heavy atom. The highest BCUT2D eigenvalue weighted by atomic mass is 16.2. The Morgan fingerprint density at radius 1 is 1.48 bits per heavy atom. The summed E-state index contributed by atoms with van der Waals surface area (Å²) in [7, 11) is 0. The molecular weight excluding hydrogens is 288 g/mol. The van der Waals surface area contributed by atoms with Gasteiger partial charge in [-0.2, -0.15) is 0 Å². The summed E-state index contributed by atoms with van der Waals surface area (Å²) in [6, 6.07) is 8.14. The maximum atomic E-state index is 12.5. The Labute approximate surface area is 136 Å². The van der Waals surface area contributed by atoms with E-state index in [4.69, 9.17) is 5.73 Å². The predicted molar refractivity (Wildman–Crippen MR) is 90.0 cm³/mol. The minimum atomic E-state index is -0.0232. The SMILES string of the molecule is CC(NC(=O)[C@@H]1CCC[C@@H]1CN)c1cccc(-n2ccnc2)c1. The third kappa shape index (κ3) is 3.45. The minimum absolute atomic E-state index is 0.0232. The molecule has 1 heterocycles. The molecule has 0 aliphatic heterocycles. The normalized spacial score (nSPS) is 22.0. The zero-order chi connectivity index (χ0) is 16.2. The van der Waals surface area contributed by atoms with E-state index in [2.05, 4.69) is 16.4 Å². The van der Waals surface area contributed by atoms with Gasteiger partial charge in [-0.05, 0) is 49.9 Å². The second kappa shape index (κ2) is 6.96. The summed E-state index contributed by atoms with van der Waals surface area (Å²) in [4.78, 5) is 16.6. The molecule has 3 N–H and O–H groups in total. The van der Waals surface area contributed by atoms with Crippen LogP contribution >= 0.6 is 0 Å². The van der Waals surface area contributed by atoms with E-state index in [9.17, 15) is 4.79 Å². The van der Waals surface area contributed by atoms with Crippen LogP contribution in [0.15, 0.2) is 43.0 Å². The van der Waals surface area contributed by atoms with Crippen molar-refractivity contribution in [3.63, 3.8) is 0 Å². The highest BCUT2D eigenvalue weighted by Gasteiger charge is 2.32. The molecular formula is C18H24N4O. The summed E-state index contributed by atoms with van der Waals surface area (Å²) in [5, 5.41) is 3.16. The van der Waals surface area contributed by atoms with Crippen LogP contribution in [0, 0.1) is 11.8 Å². The van der Waals surface area contributed by atoms with Crippen LogP contribution in [0.2, 0.25) is 0 Å². The highest BCUT2D eigenvalue weighted by molar-refractivity contribution is 5.79. The van der Waals surface area contributed by atoms with E-state index in [1.807, 2.05) is 35.9 Å². The smallest absolute Gasteiger partial charge is 0.223 e. The van der Waals surface area contributed by atoms with Gasteiger partial charge in [0.1, 0.15) is 0 Å². The fraction of sp³-hybridized carbons (Fsp3) is 0.444. The molecule has 1 saturated carbocycles. The van der Waals surface area contributed by atoms with E-state index in [1.54, 1.807) is 12.5 Å². The maximum Gasteiger partial charge on any atom is 0.223 e. The number of imidazole rings is 1. The lowest BCUT2D eigenvalue weighted by Crippen LogP contribution is -2.36. The van der Waals surface area contributed by atoms with Gasteiger partial charge in [0.2, 0.25) is 5.91 Å². The van der Waals surface area contributed by atoms with Crippen LogP contribution in [0.25, 0.3) is 5.69 Å². The lowest BCUT2D eigenvalue weighted by Gasteiger charge is -2.21. The molecule has 0 saturated heterocycles. The first kappa shape index (κ1) is 15.7. The second-order valence-corrected chi connectivity index (χ2v) is 6.33. The topological polar surface area (TPSA) is 72.9 Å². The van der Waals surface area contributed by atoms with Crippen LogP contribution < -0.4 is 11.1 Å². The molecule has 3 atom stereocenters. The summed E-state index contributed by atoms with van der Waals surface area (Å²) in [6.45, 7) is 2.62.